The van der Waals surface area contributed by atoms with Gasteiger partial charge >= 0.3 is 0 Å². The molecule has 1 heterocycles. The van der Waals surface area contributed by atoms with Gasteiger partial charge in [-0.3, -0.25) is 14.6 Å². The quantitative estimate of drug-likeness (QED) is 0.657. The molecule has 0 aliphatic carbocycles. The zero-order valence-electron chi connectivity index (χ0n) is 9.69. The molecular weight excluding hydrogens is 196 g/mol. The van der Waals surface area contributed by atoms with Crippen LogP contribution in [-0.4, -0.2) is 61.3 Å². The topological polar surface area (TPSA) is 54.2 Å². The molecule has 0 unspecified atom stereocenters. The Labute approximate surface area is 91.4 Å². The molecule has 1 saturated heterocycles. The highest BCUT2D eigenvalue weighted by Gasteiger charge is 2.23. The molecule has 1 rings (SSSR count). The third kappa shape index (κ3) is 4.42. The fourth-order valence-corrected chi connectivity index (χ4v) is 1.61. The summed E-state index contributed by atoms with van der Waals surface area (Å²) >= 11 is 0. The minimum Gasteiger partial charge on any atom is -0.329 e. The normalized spacial score (nSPS) is 21.0. The molecule has 1 aliphatic heterocycles. The van der Waals surface area contributed by atoms with E-state index < -0.39 is 0 Å². The van der Waals surface area contributed by atoms with Crippen LogP contribution in [0.3, 0.4) is 0 Å². The Bertz CT molecular complexity index is 136. The molecule has 0 radical (unpaired) electrons. The van der Waals surface area contributed by atoms with E-state index in [0.717, 1.165) is 19.9 Å². The Hall–Kier alpha value is -0.240. The van der Waals surface area contributed by atoms with Crippen molar-refractivity contribution in [2.45, 2.75) is 13.8 Å². The van der Waals surface area contributed by atoms with Crippen molar-refractivity contribution in [3.05, 3.63) is 0 Å². The van der Waals surface area contributed by atoms with Gasteiger partial charge in [-0.05, 0) is 13.8 Å². The lowest BCUT2D eigenvalue weighted by Gasteiger charge is -2.40. The van der Waals surface area contributed by atoms with Crippen LogP contribution in [0.1, 0.15) is 13.8 Å². The second kappa shape index (κ2) is 7.10. The summed E-state index contributed by atoms with van der Waals surface area (Å²) in [4.78, 5) is 13.1. The third-order valence-electron chi connectivity index (χ3n) is 2.10. The monoisotopic (exact) mass is 218 g/mol. The molecule has 0 atom stereocenters. The van der Waals surface area contributed by atoms with Gasteiger partial charge in [-0.2, -0.15) is 10.1 Å². The second-order valence-electron chi connectivity index (χ2n) is 3.41. The van der Waals surface area contributed by atoms with Gasteiger partial charge in [0.25, 0.3) is 0 Å². The Morgan fingerprint density at radius 1 is 1.00 bits per heavy atom. The van der Waals surface area contributed by atoms with E-state index in [2.05, 4.69) is 4.90 Å². The predicted octanol–water partition coefficient (Wildman–Crippen LogP) is -0.360. The molecule has 0 aromatic carbocycles. The van der Waals surface area contributed by atoms with Crippen LogP contribution < -0.4 is 5.73 Å². The fourth-order valence-electron chi connectivity index (χ4n) is 1.61. The minimum absolute atomic E-state index is 0.653. The van der Waals surface area contributed by atoms with Crippen molar-refractivity contribution in [2.75, 3.05) is 46.3 Å². The summed E-state index contributed by atoms with van der Waals surface area (Å²) in [6, 6.07) is 0. The maximum Gasteiger partial charge on any atom is 0.103 e. The van der Waals surface area contributed by atoms with Gasteiger partial charge in [0.15, 0.2) is 0 Å². The zero-order valence-corrected chi connectivity index (χ0v) is 9.69. The highest BCUT2D eigenvalue weighted by atomic mass is 16.7. The maximum atomic E-state index is 5.54. The number of hydrogen-bond acceptors (Lipinski definition) is 6. The Morgan fingerprint density at radius 3 is 1.93 bits per heavy atom. The highest BCUT2D eigenvalue weighted by Crippen LogP contribution is 2.07. The first-order chi connectivity index (χ1) is 7.30. The first-order valence-corrected chi connectivity index (χ1v) is 5.48. The largest absolute Gasteiger partial charge is 0.329 e. The fraction of sp³-hybridized carbons (Fsp3) is 1.00. The second-order valence-corrected chi connectivity index (χ2v) is 3.41. The average molecular weight is 218 g/mol. The van der Waals surface area contributed by atoms with E-state index in [9.17, 15) is 0 Å². The van der Waals surface area contributed by atoms with Crippen molar-refractivity contribution in [2.24, 2.45) is 5.73 Å². The summed E-state index contributed by atoms with van der Waals surface area (Å²) in [5.41, 5.74) is 5.54. The van der Waals surface area contributed by atoms with Crippen LogP contribution in [0.25, 0.3) is 0 Å². The summed E-state index contributed by atoms with van der Waals surface area (Å²) < 4.78 is 0. The van der Waals surface area contributed by atoms with Crippen LogP contribution in [0.15, 0.2) is 0 Å². The van der Waals surface area contributed by atoms with Crippen molar-refractivity contribution < 1.29 is 9.68 Å². The van der Waals surface area contributed by atoms with Gasteiger partial charge in [-0.1, -0.05) is 0 Å². The van der Waals surface area contributed by atoms with Crippen molar-refractivity contribution in [3.8, 4) is 0 Å². The Kier molecular flexibility index (Phi) is 6.07. The van der Waals surface area contributed by atoms with Crippen molar-refractivity contribution in [1.29, 1.82) is 0 Å². The van der Waals surface area contributed by atoms with E-state index in [1.54, 1.807) is 0 Å². The summed E-state index contributed by atoms with van der Waals surface area (Å²) in [6.45, 7) is 9.08. The third-order valence-corrected chi connectivity index (χ3v) is 2.10. The highest BCUT2D eigenvalue weighted by molar-refractivity contribution is 4.60. The predicted molar refractivity (Wildman–Crippen MR) is 57.3 cm³/mol. The maximum absolute atomic E-state index is 5.54. The van der Waals surface area contributed by atoms with Crippen LogP contribution in [0, 0.1) is 0 Å². The molecule has 0 saturated carbocycles. The number of rotatable bonds is 6. The molecule has 1 aliphatic rings. The first-order valence-electron chi connectivity index (χ1n) is 5.48. The van der Waals surface area contributed by atoms with Gasteiger partial charge in [0.1, 0.15) is 6.67 Å². The van der Waals surface area contributed by atoms with Gasteiger partial charge in [-0.15, -0.1) is 0 Å². The summed E-state index contributed by atoms with van der Waals surface area (Å²) in [5, 5.41) is 3.77. The van der Waals surface area contributed by atoms with Gasteiger partial charge in [0, 0.05) is 13.1 Å². The Morgan fingerprint density at radius 2 is 1.53 bits per heavy atom. The van der Waals surface area contributed by atoms with E-state index in [1.165, 1.54) is 0 Å². The molecule has 90 valence electrons. The molecule has 0 aromatic rings. The molecule has 0 spiro atoms. The van der Waals surface area contributed by atoms with E-state index >= 15 is 0 Å². The standard InChI is InChI=1S/C9H22N4O2/c1-3-14-12-7-11(6-5-10)8-13(9-12)15-4-2/h3-10H2,1-2H3. The van der Waals surface area contributed by atoms with Gasteiger partial charge in [-0.25, -0.2) is 0 Å². The first kappa shape index (κ1) is 12.8. The SMILES string of the molecule is CCON1CN(CCN)CN(OCC)C1. The molecule has 6 heteroatoms. The van der Waals surface area contributed by atoms with Crippen molar-refractivity contribution in [1.82, 2.24) is 15.0 Å². The Balaban J connectivity index is 2.40. The number of nitrogens with zero attached hydrogens (tertiary/aromatic N) is 3. The molecule has 15 heavy (non-hydrogen) atoms. The number of nitrogens with two attached hydrogens (primary N) is 1. The number of hydroxylamine groups is 4. The van der Waals surface area contributed by atoms with Gasteiger partial charge < -0.3 is 5.73 Å². The van der Waals surface area contributed by atoms with E-state index in [-0.39, 0.29) is 0 Å². The van der Waals surface area contributed by atoms with Gasteiger partial charge in [0.2, 0.25) is 0 Å². The van der Waals surface area contributed by atoms with Crippen LogP contribution in [0.5, 0.6) is 0 Å². The van der Waals surface area contributed by atoms with Crippen LogP contribution in [-0.2, 0) is 9.68 Å². The van der Waals surface area contributed by atoms with Crippen molar-refractivity contribution in [3.63, 3.8) is 0 Å². The average Bonchev–Trinajstić information content (AvgIpc) is 2.19. The van der Waals surface area contributed by atoms with Crippen LogP contribution in [0.2, 0.25) is 0 Å². The van der Waals surface area contributed by atoms with Gasteiger partial charge in [0.05, 0.1) is 26.6 Å². The molecule has 6 nitrogen and oxygen atoms in total. The van der Waals surface area contributed by atoms with E-state index in [1.807, 2.05) is 24.0 Å². The molecule has 1 fully saturated rings. The molecular formula is C9H22N4O2. The van der Waals surface area contributed by atoms with Crippen molar-refractivity contribution >= 4 is 0 Å². The van der Waals surface area contributed by atoms with E-state index in [0.29, 0.717) is 26.4 Å². The smallest absolute Gasteiger partial charge is 0.103 e. The summed E-state index contributed by atoms with van der Waals surface area (Å²) in [6.07, 6.45) is 0. The van der Waals surface area contributed by atoms with Crippen LogP contribution >= 0.6 is 0 Å². The minimum atomic E-state index is 0.653. The molecule has 0 amide bonds. The molecule has 0 bridgehead atoms. The summed E-state index contributed by atoms with van der Waals surface area (Å²) in [7, 11) is 0. The zero-order chi connectivity index (χ0) is 11.1. The molecule has 0 aromatic heterocycles. The number of hydrogen-bond donors (Lipinski definition) is 1. The summed E-state index contributed by atoms with van der Waals surface area (Å²) in [5.74, 6) is 0. The van der Waals surface area contributed by atoms with E-state index in [4.69, 9.17) is 15.4 Å². The lowest BCUT2D eigenvalue weighted by Crippen LogP contribution is -2.55. The molecule has 2 N–H and O–H groups in total. The lowest BCUT2D eigenvalue weighted by molar-refractivity contribution is -0.307. The van der Waals surface area contributed by atoms with Crippen LogP contribution in [0.4, 0.5) is 0 Å². The lowest BCUT2D eigenvalue weighted by atomic mass is 10.5.